The van der Waals surface area contributed by atoms with Crippen LogP contribution in [0, 0.1) is 11.8 Å². The molecule has 1 fully saturated rings. The Balaban J connectivity index is 1.84. The van der Waals surface area contributed by atoms with E-state index in [1.54, 1.807) is 11.3 Å². The van der Waals surface area contributed by atoms with Gasteiger partial charge in [-0.15, -0.1) is 11.3 Å². The molecule has 5 heteroatoms. The maximum Gasteiger partial charge on any atom is 0.195 e. The highest BCUT2D eigenvalue weighted by Crippen LogP contribution is 2.39. The van der Waals surface area contributed by atoms with E-state index in [1.165, 1.54) is 12.1 Å². The molecule has 0 aliphatic heterocycles. The van der Waals surface area contributed by atoms with E-state index in [2.05, 4.69) is 60.9 Å². The third-order valence-electron chi connectivity index (χ3n) is 4.27. The first-order valence-electron chi connectivity index (χ1n) is 7.76. The molecule has 116 valence electrons. The zero-order valence-corrected chi connectivity index (χ0v) is 14.5. The lowest BCUT2D eigenvalue weighted by atomic mass is 10.1. The summed E-state index contributed by atoms with van der Waals surface area (Å²) in [7, 11) is 2.18. The molecule has 1 aliphatic rings. The maximum atomic E-state index is 4.85. The average Bonchev–Trinajstić information content (AvgIpc) is 2.80. The molecule has 2 aromatic rings. The third kappa shape index (κ3) is 3.24. The van der Waals surface area contributed by atoms with Crippen LogP contribution in [0.5, 0.6) is 0 Å². The fraction of sp³-hybridized carbons (Fsp3) is 0.688. The lowest BCUT2D eigenvalue weighted by molar-refractivity contribution is 0.420. The Morgan fingerprint density at radius 1 is 1.48 bits per heavy atom. The van der Waals surface area contributed by atoms with Gasteiger partial charge in [-0.25, -0.2) is 4.98 Å². The number of nitrogens with zero attached hydrogens (tertiary/aromatic N) is 3. The molecule has 0 amide bonds. The zero-order valence-electron chi connectivity index (χ0n) is 13.7. The van der Waals surface area contributed by atoms with E-state index in [0.717, 1.165) is 35.7 Å². The van der Waals surface area contributed by atoms with Crippen molar-refractivity contribution in [3.63, 3.8) is 0 Å². The average molecular weight is 306 g/mol. The summed E-state index contributed by atoms with van der Waals surface area (Å²) in [6, 6.07) is 0. The zero-order chi connectivity index (χ0) is 15.2. The summed E-state index contributed by atoms with van der Waals surface area (Å²) < 4.78 is 2.23. The van der Waals surface area contributed by atoms with Crippen molar-refractivity contribution < 1.29 is 0 Å². The molecule has 0 saturated heterocycles. The summed E-state index contributed by atoms with van der Waals surface area (Å²) in [6.45, 7) is 10.9. The van der Waals surface area contributed by atoms with Crippen LogP contribution in [-0.4, -0.2) is 28.5 Å². The van der Waals surface area contributed by atoms with Gasteiger partial charge in [0.05, 0.1) is 5.69 Å². The molecule has 0 aromatic carbocycles. The highest BCUT2D eigenvalue weighted by molar-refractivity contribution is 7.15. The molecule has 2 unspecified atom stereocenters. The normalized spacial score (nSPS) is 22.0. The van der Waals surface area contributed by atoms with Gasteiger partial charge in [-0.05, 0) is 39.0 Å². The SMILES string of the molecule is CC1CC1CN(C)c1nc2sccn2c1CNC(C)(C)C. The minimum atomic E-state index is 0.112. The number of aromatic nitrogens is 2. The van der Waals surface area contributed by atoms with Crippen molar-refractivity contribution in [2.24, 2.45) is 11.8 Å². The number of nitrogens with one attached hydrogen (secondary N) is 1. The number of rotatable bonds is 5. The molecule has 0 bridgehead atoms. The van der Waals surface area contributed by atoms with Crippen molar-refractivity contribution in [1.29, 1.82) is 0 Å². The summed E-state index contributed by atoms with van der Waals surface area (Å²) in [4.78, 5) is 8.28. The molecule has 2 atom stereocenters. The first-order chi connectivity index (χ1) is 9.85. The fourth-order valence-corrected chi connectivity index (χ4v) is 3.46. The van der Waals surface area contributed by atoms with Crippen molar-refractivity contribution in [3.8, 4) is 0 Å². The Bertz CT molecular complexity index is 622. The van der Waals surface area contributed by atoms with Crippen LogP contribution >= 0.6 is 11.3 Å². The molecular weight excluding hydrogens is 280 g/mol. The molecular formula is C16H26N4S. The van der Waals surface area contributed by atoms with Gasteiger partial charge < -0.3 is 10.2 Å². The van der Waals surface area contributed by atoms with Crippen LogP contribution in [0.25, 0.3) is 4.96 Å². The van der Waals surface area contributed by atoms with Crippen LogP contribution in [0.3, 0.4) is 0 Å². The molecule has 21 heavy (non-hydrogen) atoms. The minimum absolute atomic E-state index is 0.112. The second-order valence-corrected chi connectivity index (χ2v) is 8.27. The summed E-state index contributed by atoms with van der Waals surface area (Å²) in [5, 5.41) is 5.70. The van der Waals surface area contributed by atoms with Crippen LogP contribution in [0.1, 0.15) is 39.8 Å². The Kier molecular flexibility index (Phi) is 3.74. The summed E-state index contributed by atoms with van der Waals surface area (Å²) >= 11 is 1.71. The van der Waals surface area contributed by atoms with Crippen LogP contribution in [0.15, 0.2) is 11.6 Å². The lowest BCUT2D eigenvalue weighted by Gasteiger charge is -2.23. The summed E-state index contributed by atoms with van der Waals surface area (Å²) in [6.07, 6.45) is 3.49. The Morgan fingerprint density at radius 2 is 2.19 bits per heavy atom. The second-order valence-electron chi connectivity index (χ2n) is 7.39. The van der Waals surface area contributed by atoms with Crippen molar-refractivity contribution in [1.82, 2.24) is 14.7 Å². The predicted molar refractivity (Wildman–Crippen MR) is 90.2 cm³/mol. The maximum absolute atomic E-state index is 4.85. The Hall–Kier alpha value is -1.07. The van der Waals surface area contributed by atoms with Crippen LogP contribution < -0.4 is 10.2 Å². The largest absolute Gasteiger partial charge is 0.358 e. The third-order valence-corrected chi connectivity index (χ3v) is 5.03. The molecule has 1 aliphatic carbocycles. The minimum Gasteiger partial charge on any atom is -0.358 e. The lowest BCUT2D eigenvalue weighted by Crippen LogP contribution is -2.36. The molecule has 2 aromatic heterocycles. The summed E-state index contributed by atoms with van der Waals surface area (Å²) in [5.74, 6) is 2.86. The second kappa shape index (κ2) is 5.29. The van der Waals surface area contributed by atoms with Gasteiger partial charge >= 0.3 is 0 Å². The number of anilines is 1. The molecule has 4 nitrogen and oxygen atoms in total. The van der Waals surface area contributed by atoms with E-state index in [1.807, 2.05) is 0 Å². The Morgan fingerprint density at radius 3 is 2.81 bits per heavy atom. The number of hydrogen-bond acceptors (Lipinski definition) is 4. The standard InChI is InChI=1S/C16H26N4S/c1-11-8-12(11)10-19(5)14-13(9-17-16(2,3)4)20-6-7-21-15(20)18-14/h6-7,11-12,17H,8-10H2,1-5H3. The van der Waals surface area contributed by atoms with Gasteiger partial charge in [0.2, 0.25) is 0 Å². The summed E-state index contributed by atoms with van der Waals surface area (Å²) in [5.41, 5.74) is 1.39. The van der Waals surface area contributed by atoms with E-state index in [-0.39, 0.29) is 5.54 Å². The van der Waals surface area contributed by atoms with E-state index in [0.29, 0.717) is 0 Å². The molecule has 3 rings (SSSR count). The monoisotopic (exact) mass is 306 g/mol. The van der Waals surface area contributed by atoms with Gasteiger partial charge in [-0.2, -0.15) is 0 Å². The van der Waals surface area contributed by atoms with Gasteiger partial charge in [0.15, 0.2) is 10.8 Å². The first kappa shape index (κ1) is 14.9. The van der Waals surface area contributed by atoms with Crippen molar-refractivity contribution in [2.75, 3.05) is 18.5 Å². The molecule has 0 spiro atoms. The smallest absolute Gasteiger partial charge is 0.195 e. The van der Waals surface area contributed by atoms with Gasteiger partial charge in [0, 0.05) is 37.3 Å². The quantitative estimate of drug-likeness (QED) is 0.919. The van der Waals surface area contributed by atoms with Gasteiger partial charge in [0.25, 0.3) is 0 Å². The topological polar surface area (TPSA) is 32.6 Å². The van der Waals surface area contributed by atoms with E-state index < -0.39 is 0 Å². The first-order valence-corrected chi connectivity index (χ1v) is 8.64. The predicted octanol–water partition coefficient (Wildman–Crippen LogP) is 3.38. The molecule has 1 N–H and O–H groups in total. The van der Waals surface area contributed by atoms with Gasteiger partial charge in [-0.1, -0.05) is 6.92 Å². The fourth-order valence-electron chi connectivity index (χ4n) is 2.73. The number of fused-ring (bicyclic) bond motifs is 1. The van der Waals surface area contributed by atoms with Crippen molar-refractivity contribution >= 4 is 22.1 Å². The van der Waals surface area contributed by atoms with Crippen molar-refractivity contribution in [2.45, 2.75) is 46.2 Å². The Labute approximate surface area is 131 Å². The van der Waals surface area contributed by atoms with E-state index >= 15 is 0 Å². The molecule has 2 heterocycles. The van der Waals surface area contributed by atoms with Gasteiger partial charge in [0.1, 0.15) is 0 Å². The van der Waals surface area contributed by atoms with Crippen LogP contribution in [0.2, 0.25) is 0 Å². The molecule has 0 radical (unpaired) electrons. The highest BCUT2D eigenvalue weighted by Gasteiger charge is 2.34. The van der Waals surface area contributed by atoms with E-state index in [9.17, 15) is 0 Å². The van der Waals surface area contributed by atoms with Crippen LogP contribution in [-0.2, 0) is 6.54 Å². The highest BCUT2D eigenvalue weighted by atomic mass is 32.1. The van der Waals surface area contributed by atoms with Crippen LogP contribution in [0.4, 0.5) is 5.82 Å². The van der Waals surface area contributed by atoms with Gasteiger partial charge in [-0.3, -0.25) is 4.40 Å². The number of imidazole rings is 1. The molecule has 1 saturated carbocycles. The number of hydrogen-bond donors (Lipinski definition) is 1. The van der Waals surface area contributed by atoms with Crippen molar-refractivity contribution in [3.05, 3.63) is 17.3 Å². The van der Waals surface area contributed by atoms with E-state index in [4.69, 9.17) is 4.98 Å². The number of thiazole rings is 1.